The van der Waals surface area contributed by atoms with Gasteiger partial charge in [-0.3, -0.25) is 0 Å². The van der Waals surface area contributed by atoms with Crippen molar-refractivity contribution in [3.8, 4) is 11.8 Å². The Labute approximate surface area is 105 Å². The standard InChI is InChI=1S/C13H17NO4/c1-13(2,3)18-12(17)14-10(15)8-6-4-5-7-9(8)11(14)16/h4-5,15-16H,6-7H2,1-3H3. The van der Waals surface area contributed by atoms with E-state index >= 15 is 0 Å². The minimum atomic E-state index is -0.771. The van der Waals surface area contributed by atoms with Crippen LogP contribution in [0.25, 0.3) is 0 Å². The quantitative estimate of drug-likeness (QED) is 0.694. The molecule has 0 aromatic carbocycles. The minimum Gasteiger partial charge on any atom is -0.494 e. The van der Waals surface area contributed by atoms with Crippen molar-refractivity contribution in [1.82, 2.24) is 4.57 Å². The molecule has 2 N–H and O–H groups in total. The Morgan fingerprint density at radius 2 is 1.61 bits per heavy atom. The third kappa shape index (κ3) is 2.08. The van der Waals surface area contributed by atoms with E-state index in [-0.39, 0.29) is 11.8 Å². The summed E-state index contributed by atoms with van der Waals surface area (Å²) in [5.74, 6) is -0.470. The molecule has 1 heterocycles. The van der Waals surface area contributed by atoms with Crippen molar-refractivity contribution >= 4 is 6.09 Å². The number of fused-ring (bicyclic) bond motifs is 1. The molecule has 0 fully saturated rings. The molecule has 0 radical (unpaired) electrons. The lowest BCUT2D eigenvalue weighted by Gasteiger charge is -2.19. The lowest BCUT2D eigenvalue weighted by molar-refractivity contribution is 0.0513. The van der Waals surface area contributed by atoms with Gasteiger partial charge in [0, 0.05) is 11.1 Å². The fourth-order valence-corrected chi connectivity index (χ4v) is 1.95. The smallest absolute Gasteiger partial charge is 0.424 e. The molecule has 0 atom stereocenters. The van der Waals surface area contributed by atoms with Gasteiger partial charge in [-0.05, 0) is 33.6 Å². The predicted octanol–water partition coefficient (Wildman–Crippen LogP) is 2.34. The molecule has 18 heavy (non-hydrogen) atoms. The van der Waals surface area contributed by atoms with Gasteiger partial charge in [0.2, 0.25) is 11.8 Å². The van der Waals surface area contributed by atoms with Crippen LogP contribution in [0, 0.1) is 0 Å². The molecule has 0 bridgehead atoms. The average molecular weight is 251 g/mol. The molecule has 98 valence electrons. The molecule has 1 aromatic heterocycles. The van der Waals surface area contributed by atoms with Gasteiger partial charge in [-0.1, -0.05) is 12.2 Å². The predicted molar refractivity (Wildman–Crippen MR) is 65.9 cm³/mol. The minimum absolute atomic E-state index is 0.235. The average Bonchev–Trinajstić information content (AvgIpc) is 2.50. The van der Waals surface area contributed by atoms with E-state index in [1.807, 2.05) is 12.2 Å². The van der Waals surface area contributed by atoms with Crippen LogP contribution in [-0.2, 0) is 17.6 Å². The van der Waals surface area contributed by atoms with Crippen LogP contribution in [0.1, 0.15) is 31.9 Å². The number of rotatable bonds is 0. The fourth-order valence-electron chi connectivity index (χ4n) is 1.95. The van der Waals surface area contributed by atoms with Crippen LogP contribution < -0.4 is 0 Å². The van der Waals surface area contributed by atoms with Crippen molar-refractivity contribution < 1.29 is 19.7 Å². The van der Waals surface area contributed by atoms with E-state index in [1.54, 1.807) is 20.8 Å². The zero-order valence-electron chi connectivity index (χ0n) is 10.7. The largest absolute Gasteiger partial charge is 0.494 e. The number of carbonyl (C=O) groups excluding carboxylic acids is 1. The Hall–Kier alpha value is -1.91. The van der Waals surface area contributed by atoms with E-state index in [0.717, 1.165) is 4.57 Å². The summed E-state index contributed by atoms with van der Waals surface area (Å²) in [6.07, 6.45) is 4.02. The topological polar surface area (TPSA) is 71.7 Å². The van der Waals surface area contributed by atoms with Gasteiger partial charge in [0.1, 0.15) is 5.60 Å². The van der Waals surface area contributed by atoms with Crippen molar-refractivity contribution in [2.45, 2.75) is 39.2 Å². The Balaban J connectivity index is 2.41. The molecule has 0 spiro atoms. The van der Waals surface area contributed by atoms with Crippen LogP contribution in [0.2, 0.25) is 0 Å². The fraction of sp³-hybridized carbons (Fsp3) is 0.462. The Morgan fingerprint density at radius 1 is 1.17 bits per heavy atom. The van der Waals surface area contributed by atoms with Crippen molar-refractivity contribution in [3.63, 3.8) is 0 Å². The summed E-state index contributed by atoms with van der Waals surface area (Å²) in [5.41, 5.74) is 0.487. The second kappa shape index (κ2) is 4.08. The first kappa shape index (κ1) is 12.5. The molecular formula is C13H17NO4. The molecule has 1 aromatic rings. The number of aromatic hydroxyl groups is 2. The molecule has 0 saturated carbocycles. The van der Waals surface area contributed by atoms with Crippen LogP contribution >= 0.6 is 0 Å². The molecular weight excluding hydrogens is 234 g/mol. The van der Waals surface area contributed by atoms with Gasteiger partial charge in [0.25, 0.3) is 0 Å². The van der Waals surface area contributed by atoms with E-state index in [1.165, 1.54) is 0 Å². The van der Waals surface area contributed by atoms with Crippen LogP contribution in [0.4, 0.5) is 4.79 Å². The number of ether oxygens (including phenoxy) is 1. The maximum atomic E-state index is 11.9. The van der Waals surface area contributed by atoms with Gasteiger partial charge in [0.05, 0.1) is 0 Å². The zero-order valence-corrected chi connectivity index (χ0v) is 10.7. The third-order valence-electron chi connectivity index (χ3n) is 2.71. The van der Waals surface area contributed by atoms with Crippen molar-refractivity contribution in [2.75, 3.05) is 0 Å². The number of nitrogens with zero attached hydrogens (tertiary/aromatic N) is 1. The van der Waals surface area contributed by atoms with Crippen LogP contribution in [-0.4, -0.2) is 26.5 Å². The van der Waals surface area contributed by atoms with Gasteiger partial charge < -0.3 is 14.9 Å². The molecule has 1 aliphatic carbocycles. The molecule has 0 aliphatic heterocycles. The molecule has 0 saturated heterocycles. The van der Waals surface area contributed by atoms with Crippen LogP contribution in [0.5, 0.6) is 11.8 Å². The van der Waals surface area contributed by atoms with Gasteiger partial charge in [0.15, 0.2) is 0 Å². The number of aromatic nitrogens is 1. The van der Waals surface area contributed by atoms with Gasteiger partial charge >= 0.3 is 6.09 Å². The first-order valence-electron chi connectivity index (χ1n) is 5.84. The molecule has 5 nitrogen and oxygen atoms in total. The lowest BCUT2D eigenvalue weighted by Crippen LogP contribution is -2.26. The highest BCUT2D eigenvalue weighted by molar-refractivity contribution is 5.77. The summed E-state index contributed by atoms with van der Waals surface area (Å²) in [7, 11) is 0. The maximum absolute atomic E-state index is 11.9. The normalized spacial score (nSPS) is 14.4. The third-order valence-corrected chi connectivity index (χ3v) is 2.71. The number of hydrogen-bond donors (Lipinski definition) is 2. The summed E-state index contributed by atoms with van der Waals surface area (Å²) in [6, 6.07) is 0. The highest BCUT2D eigenvalue weighted by atomic mass is 16.6. The monoisotopic (exact) mass is 251 g/mol. The highest BCUT2D eigenvalue weighted by Gasteiger charge is 2.29. The van der Waals surface area contributed by atoms with Crippen molar-refractivity contribution in [2.24, 2.45) is 0 Å². The molecule has 0 amide bonds. The van der Waals surface area contributed by atoms with Crippen LogP contribution in [0.3, 0.4) is 0 Å². The summed E-state index contributed by atoms with van der Waals surface area (Å²) in [4.78, 5) is 11.9. The van der Waals surface area contributed by atoms with Crippen LogP contribution in [0.15, 0.2) is 12.2 Å². The van der Waals surface area contributed by atoms with Crippen molar-refractivity contribution in [1.29, 1.82) is 0 Å². The first-order chi connectivity index (χ1) is 8.31. The van der Waals surface area contributed by atoms with E-state index in [0.29, 0.717) is 24.0 Å². The second-order valence-electron chi connectivity index (χ2n) is 5.30. The Kier molecular flexibility index (Phi) is 2.84. The van der Waals surface area contributed by atoms with E-state index < -0.39 is 11.7 Å². The Morgan fingerprint density at radius 3 is 2.00 bits per heavy atom. The molecule has 2 rings (SSSR count). The molecule has 1 aliphatic rings. The lowest BCUT2D eigenvalue weighted by atomic mass is 10.0. The van der Waals surface area contributed by atoms with Gasteiger partial charge in [-0.25, -0.2) is 4.79 Å². The number of allylic oxidation sites excluding steroid dienone is 2. The molecule has 0 unspecified atom stereocenters. The van der Waals surface area contributed by atoms with E-state index in [9.17, 15) is 15.0 Å². The Bertz CT molecular complexity index is 489. The van der Waals surface area contributed by atoms with Crippen molar-refractivity contribution in [3.05, 3.63) is 23.3 Å². The summed E-state index contributed by atoms with van der Waals surface area (Å²) in [5, 5.41) is 20.0. The number of carbonyl (C=O) groups is 1. The SMILES string of the molecule is CC(C)(C)OC(=O)n1c(O)c2c(c1O)CC=CC2. The zero-order chi connectivity index (χ0) is 13.5. The van der Waals surface area contributed by atoms with E-state index in [4.69, 9.17) is 4.74 Å². The van der Waals surface area contributed by atoms with Gasteiger partial charge in [-0.2, -0.15) is 4.57 Å². The highest BCUT2D eigenvalue weighted by Crippen LogP contribution is 2.37. The summed E-state index contributed by atoms with van der Waals surface area (Å²) in [6.45, 7) is 5.18. The second-order valence-corrected chi connectivity index (χ2v) is 5.30. The van der Waals surface area contributed by atoms with Gasteiger partial charge in [-0.15, -0.1) is 0 Å². The summed E-state index contributed by atoms with van der Waals surface area (Å²) < 4.78 is 5.97. The first-order valence-corrected chi connectivity index (χ1v) is 5.84. The number of hydrogen-bond acceptors (Lipinski definition) is 4. The summed E-state index contributed by atoms with van der Waals surface area (Å²) >= 11 is 0. The maximum Gasteiger partial charge on any atom is 0.424 e. The van der Waals surface area contributed by atoms with E-state index in [2.05, 4.69) is 0 Å². The molecule has 5 heteroatoms.